The normalized spacial score (nSPS) is 12.9. The zero-order valence-corrected chi connectivity index (χ0v) is 16.9. The van der Waals surface area contributed by atoms with Crippen LogP contribution in [0.5, 0.6) is 5.75 Å². The van der Waals surface area contributed by atoms with Crippen LogP contribution >= 0.6 is 0 Å². The molecule has 3 rings (SSSR count). The maximum atomic E-state index is 12.4. The van der Waals surface area contributed by atoms with E-state index in [4.69, 9.17) is 24.5 Å². The Morgan fingerprint density at radius 2 is 1.61 bits per heavy atom. The van der Waals surface area contributed by atoms with E-state index in [9.17, 15) is 9.59 Å². The number of hydrogen-bond donors (Lipinski definition) is 2. The molecule has 1 aromatic carbocycles. The molecule has 2 aromatic rings. The number of aryl methyl sites for hydroxylation is 1. The fourth-order valence-electron chi connectivity index (χ4n) is 2.77. The number of carbonyl (C=O) groups excluding carboxylic acids is 2. The van der Waals surface area contributed by atoms with Crippen LogP contribution in [0.3, 0.4) is 0 Å². The third kappa shape index (κ3) is 7.42. The summed E-state index contributed by atoms with van der Waals surface area (Å²) in [6.45, 7) is 4.06. The summed E-state index contributed by atoms with van der Waals surface area (Å²) < 4.78 is 5.57. The van der Waals surface area contributed by atoms with Crippen molar-refractivity contribution in [2.24, 2.45) is 0 Å². The monoisotopic (exact) mass is 429 g/mol. The van der Waals surface area contributed by atoms with Crippen LogP contribution in [0.25, 0.3) is 0 Å². The van der Waals surface area contributed by atoms with E-state index < -0.39 is 11.9 Å². The van der Waals surface area contributed by atoms with E-state index in [1.165, 1.54) is 0 Å². The number of rotatable bonds is 4. The van der Waals surface area contributed by atoms with Crippen molar-refractivity contribution in [3.8, 4) is 5.75 Å². The summed E-state index contributed by atoms with van der Waals surface area (Å²) >= 11 is 0. The molecule has 1 aliphatic heterocycles. The van der Waals surface area contributed by atoms with Crippen LogP contribution in [0, 0.1) is 6.92 Å². The van der Waals surface area contributed by atoms with Gasteiger partial charge in [-0.15, -0.1) is 0 Å². The molecule has 10 heteroatoms. The van der Waals surface area contributed by atoms with Gasteiger partial charge in [-0.2, -0.15) is 0 Å². The van der Waals surface area contributed by atoms with Gasteiger partial charge in [-0.3, -0.25) is 14.6 Å². The average Bonchev–Trinajstić information content (AvgIpc) is 2.78. The lowest BCUT2D eigenvalue weighted by Gasteiger charge is -2.34. The topological polar surface area (TPSA) is 137 Å². The van der Waals surface area contributed by atoms with Crippen LogP contribution in [0.2, 0.25) is 0 Å². The van der Waals surface area contributed by atoms with Crippen molar-refractivity contribution < 1.29 is 34.1 Å². The summed E-state index contributed by atoms with van der Waals surface area (Å²) in [5.74, 6) is -3.06. The van der Waals surface area contributed by atoms with Gasteiger partial charge in [0, 0.05) is 38.6 Å². The second-order valence-electron chi connectivity index (χ2n) is 6.63. The first-order valence-corrected chi connectivity index (χ1v) is 9.40. The maximum absolute atomic E-state index is 12.4. The maximum Gasteiger partial charge on any atom is 0.414 e. The summed E-state index contributed by atoms with van der Waals surface area (Å²) in [5, 5.41) is 14.8. The number of aromatic nitrogens is 1. The Kier molecular flexibility index (Phi) is 8.50. The Balaban J connectivity index is 0.000000501. The predicted molar refractivity (Wildman–Crippen MR) is 109 cm³/mol. The molecule has 0 spiro atoms. The van der Waals surface area contributed by atoms with Crippen molar-refractivity contribution in [3.05, 3.63) is 59.9 Å². The van der Waals surface area contributed by atoms with Gasteiger partial charge >= 0.3 is 11.9 Å². The molecule has 0 bridgehead atoms. The molecule has 0 aliphatic carbocycles. The highest BCUT2D eigenvalue weighted by Gasteiger charge is 2.25. The number of carboxylic acid groups (broad SMARTS) is 2. The lowest BCUT2D eigenvalue weighted by atomic mass is 10.2. The van der Waals surface area contributed by atoms with Crippen LogP contribution in [-0.4, -0.2) is 81.5 Å². The van der Waals surface area contributed by atoms with E-state index in [0.717, 1.165) is 5.56 Å². The number of piperazine rings is 1. The van der Waals surface area contributed by atoms with E-state index in [-0.39, 0.29) is 18.4 Å². The average molecular weight is 429 g/mol. The third-order valence-electron chi connectivity index (χ3n) is 4.36. The van der Waals surface area contributed by atoms with Crippen LogP contribution in [0.1, 0.15) is 15.9 Å². The summed E-state index contributed by atoms with van der Waals surface area (Å²) in [4.78, 5) is 50.3. The predicted octanol–water partition coefficient (Wildman–Crippen LogP) is 0.909. The van der Waals surface area contributed by atoms with E-state index in [2.05, 4.69) is 4.98 Å². The van der Waals surface area contributed by atoms with Crippen LogP contribution in [-0.2, 0) is 14.4 Å². The number of ether oxygens (including phenoxy) is 1. The number of carbonyl (C=O) groups is 4. The number of benzene rings is 1. The zero-order chi connectivity index (χ0) is 22.8. The van der Waals surface area contributed by atoms with Gasteiger partial charge in [0.2, 0.25) is 0 Å². The van der Waals surface area contributed by atoms with Gasteiger partial charge < -0.3 is 24.7 Å². The van der Waals surface area contributed by atoms with Gasteiger partial charge in [-0.25, -0.2) is 9.59 Å². The van der Waals surface area contributed by atoms with E-state index in [1.54, 1.807) is 34.3 Å². The van der Waals surface area contributed by atoms with E-state index in [0.29, 0.717) is 37.5 Å². The summed E-state index contributed by atoms with van der Waals surface area (Å²) in [5.41, 5.74) is 1.66. The first kappa shape index (κ1) is 23.3. The van der Waals surface area contributed by atoms with Crippen LogP contribution in [0.15, 0.2) is 48.8 Å². The van der Waals surface area contributed by atoms with Gasteiger partial charge in [0.15, 0.2) is 6.61 Å². The first-order valence-electron chi connectivity index (χ1n) is 9.40. The molecule has 10 nitrogen and oxygen atoms in total. The molecular formula is C21H23N3O7. The minimum absolute atomic E-state index is 0.0139. The Morgan fingerprint density at radius 1 is 0.968 bits per heavy atom. The van der Waals surface area contributed by atoms with Crippen LogP contribution < -0.4 is 4.74 Å². The molecule has 1 fully saturated rings. The van der Waals surface area contributed by atoms with Gasteiger partial charge in [0.1, 0.15) is 5.75 Å². The van der Waals surface area contributed by atoms with Gasteiger partial charge in [-0.1, -0.05) is 12.1 Å². The molecule has 1 saturated heterocycles. The number of aliphatic carboxylic acids is 2. The molecule has 0 saturated carbocycles. The smallest absolute Gasteiger partial charge is 0.414 e. The quantitative estimate of drug-likeness (QED) is 0.684. The summed E-state index contributed by atoms with van der Waals surface area (Å²) in [6.07, 6.45) is 3.21. The molecule has 0 atom stereocenters. The van der Waals surface area contributed by atoms with Crippen molar-refractivity contribution in [3.63, 3.8) is 0 Å². The lowest BCUT2D eigenvalue weighted by molar-refractivity contribution is -0.159. The molecule has 31 heavy (non-hydrogen) atoms. The van der Waals surface area contributed by atoms with E-state index >= 15 is 0 Å². The second-order valence-corrected chi connectivity index (χ2v) is 6.63. The SMILES string of the molecule is Cc1cccc(OCC(=O)N2CCN(C(=O)c3cccnc3)CC2)c1.O=C(O)C(=O)O. The minimum Gasteiger partial charge on any atom is -0.484 e. The number of hydrogen-bond acceptors (Lipinski definition) is 6. The highest BCUT2D eigenvalue weighted by atomic mass is 16.5. The Hall–Kier alpha value is -3.95. The molecule has 2 N–H and O–H groups in total. The molecule has 2 heterocycles. The number of amides is 2. The van der Waals surface area contributed by atoms with Gasteiger partial charge in [0.05, 0.1) is 5.56 Å². The Labute approximate surface area is 178 Å². The number of nitrogens with zero attached hydrogens (tertiary/aromatic N) is 3. The van der Waals surface area contributed by atoms with Gasteiger partial charge in [-0.05, 0) is 36.8 Å². The lowest BCUT2D eigenvalue weighted by Crippen LogP contribution is -2.51. The molecule has 2 amide bonds. The van der Waals surface area contributed by atoms with Crippen LogP contribution in [0.4, 0.5) is 0 Å². The second kappa shape index (κ2) is 11.3. The Bertz CT molecular complexity index is 914. The molecule has 1 aliphatic rings. The molecule has 164 valence electrons. The highest BCUT2D eigenvalue weighted by molar-refractivity contribution is 6.27. The molecule has 1 aromatic heterocycles. The molecule has 0 unspecified atom stereocenters. The minimum atomic E-state index is -1.82. The number of carboxylic acids is 2. The summed E-state index contributed by atoms with van der Waals surface area (Å²) in [6, 6.07) is 11.1. The van der Waals surface area contributed by atoms with E-state index in [1.807, 2.05) is 31.2 Å². The first-order chi connectivity index (χ1) is 14.8. The van der Waals surface area contributed by atoms with Gasteiger partial charge in [0.25, 0.3) is 11.8 Å². The highest BCUT2D eigenvalue weighted by Crippen LogP contribution is 2.13. The standard InChI is InChI=1S/C19H21N3O3.C2H2O4/c1-15-4-2-6-17(12-15)25-14-18(23)21-8-10-22(11-9-21)19(24)16-5-3-7-20-13-16;3-1(4)2(5)6/h2-7,12-13H,8-11,14H2,1H3;(H,3,4)(H,5,6). The zero-order valence-electron chi connectivity index (χ0n) is 16.9. The van der Waals surface area contributed by atoms with Crippen molar-refractivity contribution in [2.45, 2.75) is 6.92 Å². The van der Waals surface area contributed by atoms with Crippen molar-refractivity contribution in [1.82, 2.24) is 14.8 Å². The largest absolute Gasteiger partial charge is 0.484 e. The summed E-state index contributed by atoms with van der Waals surface area (Å²) in [7, 11) is 0. The fourth-order valence-corrected chi connectivity index (χ4v) is 2.77. The fraction of sp³-hybridized carbons (Fsp3) is 0.286. The van der Waals surface area contributed by atoms with Crippen molar-refractivity contribution in [2.75, 3.05) is 32.8 Å². The third-order valence-corrected chi connectivity index (χ3v) is 4.36. The molecule has 0 radical (unpaired) electrons. The van der Waals surface area contributed by atoms with Crippen molar-refractivity contribution in [1.29, 1.82) is 0 Å². The molecular weight excluding hydrogens is 406 g/mol. The van der Waals surface area contributed by atoms with Crippen molar-refractivity contribution >= 4 is 23.8 Å². The Morgan fingerprint density at radius 3 is 2.16 bits per heavy atom. The number of pyridine rings is 1.